The number of aromatic nitrogens is 2. The van der Waals surface area contributed by atoms with Crippen LogP contribution in [0.1, 0.15) is 39.0 Å². The summed E-state index contributed by atoms with van der Waals surface area (Å²) in [5.74, 6) is 1.36. The van der Waals surface area contributed by atoms with E-state index in [2.05, 4.69) is 39.9 Å². The standard InChI is InChI=1S/C19H26N4O/c1-2-11-23-17-8-4-3-7-16(17)21-19(23)22-12-5-6-14(13-22)18(24)20-15-9-10-15/h3-4,7-8,14-15H,2,5-6,9-13H2,1H3,(H,20,24). The van der Waals surface area contributed by atoms with Crippen molar-refractivity contribution < 1.29 is 4.79 Å². The van der Waals surface area contributed by atoms with Crippen LogP contribution in [0.5, 0.6) is 0 Å². The predicted octanol–water partition coefficient (Wildman–Crippen LogP) is 2.94. The molecule has 128 valence electrons. The van der Waals surface area contributed by atoms with Crippen LogP contribution in [-0.4, -0.2) is 34.6 Å². The fourth-order valence-electron chi connectivity index (χ4n) is 3.67. The number of hydrogen-bond donors (Lipinski definition) is 1. The van der Waals surface area contributed by atoms with Crippen LogP contribution < -0.4 is 10.2 Å². The summed E-state index contributed by atoms with van der Waals surface area (Å²) in [5, 5.41) is 3.17. The summed E-state index contributed by atoms with van der Waals surface area (Å²) < 4.78 is 2.32. The molecule has 5 nitrogen and oxygen atoms in total. The lowest BCUT2D eigenvalue weighted by Crippen LogP contribution is -2.44. The molecule has 1 aromatic carbocycles. The van der Waals surface area contributed by atoms with Crippen LogP contribution in [0.4, 0.5) is 5.95 Å². The third-order valence-corrected chi connectivity index (χ3v) is 5.08. The molecule has 0 radical (unpaired) electrons. The highest BCUT2D eigenvalue weighted by molar-refractivity contribution is 5.81. The molecule has 1 unspecified atom stereocenters. The zero-order valence-corrected chi connectivity index (χ0v) is 14.4. The molecule has 1 atom stereocenters. The summed E-state index contributed by atoms with van der Waals surface area (Å²) in [6.07, 6.45) is 5.41. The van der Waals surface area contributed by atoms with E-state index < -0.39 is 0 Å². The highest BCUT2D eigenvalue weighted by Gasteiger charge is 2.31. The van der Waals surface area contributed by atoms with Gasteiger partial charge in [-0.25, -0.2) is 4.98 Å². The van der Waals surface area contributed by atoms with Gasteiger partial charge in [-0.15, -0.1) is 0 Å². The van der Waals surface area contributed by atoms with Crippen molar-refractivity contribution in [2.75, 3.05) is 18.0 Å². The molecule has 1 aromatic heterocycles. The lowest BCUT2D eigenvalue weighted by molar-refractivity contribution is -0.125. The Morgan fingerprint density at radius 3 is 2.92 bits per heavy atom. The highest BCUT2D eigenvalue weighted by atomic mass is 16.2. The Morgan fingerprint density at radius 2 is 2.12 bits per heavy atom. The number of fused-ring (bicyclic) bond motifs is 1. The summed E-state index contributed by atoms with van der Waals surface area (Å²) in [7, 11) is 0. The van der Waals surface area contributed by atoms with Crippen LogP contribution in [0.15, 0.2) is 24.3 Å². The number of rotatable bonds is 5. The zero-order chi connectivity index (χ0) is 16.5. The van der Waals surface area contributed by atoms with Crippen LogP contribution in [0, 0.1) is 5.92 Å². The van der Waals surface area contributed by atoms with E-state index in [0.717, 1.165) is 63.2 Å². The molecular formula is C19H26N4O. The number of piperidine rings is 1. The molecule has 0 spiro atoms. The van der Waals surface area contributed by atoms with Crippen LogP contribution in [-0.2, 0) is 11.3 Å². The number of aryl methyl sites for hydroxylation is 1. The van der Waals surface area contributed by atoms with Crippen molar-refractivity contribution in [3.05, 3.63) is 24.3 Å². The Balaban J connectivity index is 1.58. The van der Waals surface area contributed by atoms with Gasteiger partial charge in [-0.3, -0.25) is 4.79 Å². The van der Waals surface area contributed by atoms with E-state index >= 15 is 0 Å². The third-order valence-electron chi connectivity index (χ3n) is 5.08. The van der Waals surface area contributed by atoms with Crippen molar-refractivity contribution in [3.63, 3.8) is 0 Å². The maximum Gasteiger partial charge on any atom is 0.225 e. The number of nitrogens with one attached hydrogen (secondary N) is 1. The number of benzene rings is 1. The first kappa shape index (κ1) is 15.5. The summed E-state index contributed by atoms with van der Waals surface area (Å²) in [6, 6.07) is 8.77. The van der Waals surface area contributed by atoms with E-state index in [4.69, 9.17) is 4.98 Å². The number of carbonyl (C=O) groups is 1. The highest BCUT2D eigenvalue weighted by Crippen LogP contribution is 2.28. The summed E-state index contributed by atoms with van der Waals surface area (Å²) in [4.78, 5) is 19.6. The van der Waals surface area contributed by atoms with Gasteiger partial charge >= 0.3 is 0 Å². The van der Waals surface area contributed by atoms with E-state index in [0.29, 0.717) is 6.04 Å². The minimum atomic E-state index is 0.0919. The second-order valence-corrected chi connectivity index (χ2v) is 7.12. The molecule has 2 fully saturated rings. The molecule has 24 heavy (non-hydrogen) atoms. The minimum Gasteiger partial charge on any atom is -0.353 e. The quantitative estimate of drug-likeness (QED) is 0.919. The van der Waals surface area contributed by atoms with Gasteiger partial charge in [0.05, 0.1) is 17.0 Å². The molecule has 0 bridgehead atoms. The van der Waals surface area contributed by atoms with Gasteiger partial charge in [0, 0.05) is 25.7 Å². The van der Waals surface area contributed by atoms with E-state index in [1.807, 2.05) is 6.07 Å². The Bertz CT molecular complexity index is 734. The normalized spacial score (nSPS) is 21.2. The topological polar surface area (TPSA) is 50.2 Å². The maximum absolute atomic E-state index is 12.4. The Kier molecular flexibility index (Phi) is 4.17. The first-order valence-electron chi connectivity index (χ1n) is 9.27. The van der Waals surface area contributed by atoms with E-state index in [1.54, 1.807) is 0 Å². The van der Waals surface area contributed by atoms with Crippen LogP contribution in [0.25, 0.3) is 11.0 Å². The van der Waals surface area contributed by atoms with Crippen molar-refractivity contribution >= 4 is 22.9 Å². The summed E-state index contributed by atoms with van der Waals surface area (Å²) >= 11 is 0. The average molecular weight is 326 g/mol. The van der Waals surface area contributed by atoms with Gasteiger partial charge < -0.3 is 14.8 Å². The number of anilines is 1. The van der Waals surface area contributed by atoms with Crippen molar-refractivity contribution in [1.82, 2.24) is 14.9 Å². The Labute approximate surface area is 143 Å². The van der Waals surface area contributed by atoms with Gasteiger partial charge in [-0.05, 0) is 44.2 Å². The van der Waals surface area contributed by atoms with E-state index in [1.165, 1.54) is 5.52 Å². The molecule has 4 rings (SSSR count). The van der Waals surface area contributed by atoms with E-state index in [-0.39, 0.29) is 11.8 Å². The average Bonchev–Trinajstić information content (AvgIpc) is 3.35. The molecule has 1 amide bonds. The summed E-state index contributed by atoms with van der Waals surface area (Å²) in [5.41, 5.74) is 2.24. The summed E-state index contributed by atoms with van der Waals surface area (Å²) in [6.45, 7) is 4.93. The molecule has 2 aliphatic rings. The van der Waals surface area contributed by atoms with Gasteiger partial charge in [0.2, 0.25) is 11.9 Å². The van der Waals surface area contributed by atoms with Gasteiger partial charge in [-0.2, -0.15) is 0 Å². The molecule has 1 aliphatic heterocycles. The number of carbonyl (C=O) groups excluding carboxylic acids is 1. The second-order valence-electron chi connectivity index (χ2n) is 7.12. The van der Waals surface area contributed by atoms with Gasteiger partial charge in [0.25, 0.3) is 0 Å². The van der Waals surface area contributed by atoms with Crippen molar-refractivity contribution in [1.29, 1.82) is 0 Å². The molecule has 1 saturated heterocycles. The molecule has 1 saturated carbocycles. The lowest BCUT2D eigenvalue weighted by atomic mass is 9.97. The lowest BCUT2D eigenvalue weighted by Gasteiger charge is -2.33. The van der Waals surface area contributed by atoms with Crippen molar-refractivity contribution in [3.8, 4) is 0 Å². The number of para-hydroxylation sites is 2. The molecule has 5 heteroatoms. The number of amides is 1. The molecular weight excluding hydrogens is 300 g/mol. The van der Waals surface area contributed by atoms with Crippen LogP contribution in [0.3, 0.4) is 0 Å². The Hall–Kier alpha value is -2.04. The molecule has 2 aromatic rings. The largest absolute Gasteiger partial charge is 0.353 e. The van der Waals surface area contributed by atoms with Gasteiger partial charge in [0.1, 0.15) is 0 Å². The molecule has 2 heterocycles. The van der Waals surface area contributed by atoms with Crippen LogP contribution >= 0.6 is 0 Å². The first-order valence-corrected chi connectivity index (χ1v) is 9.27. The third kappa shape index (κ3) is 2.99. The minimum absolute atomic E-state index is 0.0919. The van der Waals surface area contributed by atoms with Gasteiger partial charge in [0.15, 0.2) is 0 Å². The SMILES string of the molecule is CCCn1c(N2CCCC(C(=O)NC3CC3)C2)nc2ccccc21. The van der Waals surface area contributed by atoms with Gasteiger partial charge in [-0.1, -0.05) is 19.1 Å². The second kappa shape index (κ2) is 6.46. The monoisotopic (exact) mass is 326 g/mol. The maximum atomic E-state index is 12.4. The van der Waals surface area contributed by atoms with Crippen LogP contribution in [0.2, 0.25) is 0 Å². The fourth-order valence-corrected chi connectivity index (χ4v) is 3.67. The zero-order valence-electron chi connectivity index (χ0n) is 14.4. The number of imidazole rings is 1. The number of hydrogen-bond acceptors (Lipinski definition) is 3. The molecule has 1 N–H and O–H groups in total. The number of nitrogens with zero attached hydrogens (tertiary/aromatic N) is 3. The molecule has 1 aliphatic carbocycles. The Morgan fingerprint density at radius 1 is 1.29 bits per heavy atom. The fraction of sp³-hybridized carbons (Fsp3) is 0.579. The predicted molar refractivity (Wildman–Crippen MR) is 96.1 cm³/mol. The van der Waals surface area contributed by atoms with Crippen molar-refractivity contribution in [2.24, 2.45) is 5.92 Å². The first-order chi connectivity index (χ1) is 11.8. The van der Waals surface area contributed by atoms with E-state index in [9.17, 15) is 4.79 Å². The smallest absolute Gasteiger partial charge is 0.225 e. The van der Waals surface area contributed by atoms with Crippen molar-refractivity contribution in [2.45, 2.75) is 51.6 Å².